The van der Waals surface area contributed by atoms with Gasteiger partial charge in [-0.25, -0.2) is 0 Å². The molecule has 5 heteroatoms. The van der Waals surface area contributed by atoms with Crippen LogP contribution in [0.2, 0.25) is 0 Å². The molecule has 3 rings (SSSR count). The summed E-state index contributed by atoms with van der Waals surface area (Å²) >= 11 is 1.59. The van der Waals surface area contributed by atoms with Crippen molar-refractivity contribution >= 4 is 23.1 Å². The SMILES string of the molecule is Cc1ccc(C(=O)Nc2cc(-c3ccsc3)no2)cc1C. The van der Waals surface area contributed by atoms with Gasteiger partial charge in [0.2, 0.25) is 5.88 Å². The summed E-state index contributed by atoms with van der Waals surface area (Å²) in [7, 11) is 0. The van der Waals surface area contributed by atoms with E-state index in [9.17, 15) is 4.79 Å². The summed E-state index contributed by atoms with van der Waals surface area (Å²) < 4.78 is 5.16. The van der Waals surface area contributed by atoms with Crippen LogP contribution in [-0.4, -0.2) is 11.1 Å². The van der Waals surface area contributed by atoms with Crippen LogP contribution in [0.3, 0.4) is 0 Å². The lowest BCUT2D eigenvalue weighted by Gasteiger charge is -2.04. The molecule has 4 nitrogen and oxygen atoms in total. The van der Waals surface area contributed by atoms with Gasteiger partial charge < -0.3 is 4.52 Å². The average molecular weight is 298 g/mol. The molecule has 0 aliphatic heterocycles. The molecule has 21 heavy (non-hydrogen) atoms. The van der Waals surface area contributed by atoms with E-state index in [4.69, 9.17) is 4.52 Å². The average Bonchev–Trinajstić information content (AvgIpc) is 3.12. The number of rotatable bonds is 3. The Labute approximate surface area is 126 Å². The third-order valence-electron chi connectivity index (χ3n) is 3.33. The lowest BCUT2D eigenvalue weighted by Crippen LogP contribution is -2.11. The monoisotopic (exact) mass is 298 g/mol. The lowest BCUT2D eigenvalue weighted by molar-refractivity contribution is 0.102. The Morgan fingerprint density at radius 2 is 2.05 bits per heavy atom. The van der Waals surface area contributed by atoms with Gasteiger partial charge in [0, 0.05) is 22.6 Å². The molecule has 0 aliphatic carbocycles. The van der Waals surface area contributed by atoms with Gasteiger partial charge in [-0.2, -0.15) is 11.3 Å². The van der Waals surface area contributed by atoms with Crippen LogP contribution < -0.4 is 5.32 Å². The van der Waals surface area contributed by atoms with Crippen LogP contribution in [0, 0.1) is 13.8 Å². The minimum atomic E-state index is -0.203. The highest BCUT2D eigenvalue weighted by molar-refractivity contribution is 7.08. The van der Waals surface area contributed by atoms with Crippen molar-refractivity contribution in [3.05, 3.63) is 57.8 Å². The first kappa shape index (κ1) is 13.6. The molecule has 0 atom stereocenters. The molecule has 0 fully saturated rings. The lowest BCUT2D eigenvalue weighted by atomic mass is 10.1. The van der Waals surface area contributed by atoms with E-state index in [2.05, 4.69) is 10.5 Å². The number of benzene rings is 1. The number of nitrogens with one attached hydrogen (secondary N) is 1. The maximum Gasteiger partial charge on any atom is 0.258 e. The van der Waals surface area contributed by atoms with Crippen LogP contribution >= 0.6 is 11.3 Å². The van der Waals surface area contributed by atoms with E-state index >= 15 is 0 Å². The fraction of sp³-hybridized carbons (Fsp3) is 0.125. The van der Waals surface area contributed by atoms with Crippen molar-refractivity contribution in [2.75, 3.05) is 5.32 Å². The minimum Gasteiger partial charge on any atom is -0.338 e. The molecule has 1 N–H and O–H groups in total. The Balaban J connectivity index is 1.77. The molecule has 0 saturated heterocycles. The maximum absolute atomic E-state index is 12.2. The van der Waals surface area contributed by atoms with Gasteiger partial charge in [-0.05, 0) is 48.6 Å². The normalized spacial score (nSPS) is 10.6. The first-order valence-corrected chi connectivity index (χ1v) is 7.45. The summed E-state index contributed by atoms with van der Waals surface area (Å²) in [4.78, 5) is 12.2. The van der Waals surface area contributed by atoms with E-state index in [1.165, 1.54) is 0 Å². The fourth-order valence-corrected chi connectivity index (χ4v) is 2.60. The standard InChI is InChI=1S/C16H14N2O2S/c1-10-3-4-12(7-11(10)2)16(19)17-15-8-14(18-20-15)13-5-6-21-9-13/h3-9H,1-2H3,(H,17,19). The van der Waals surface area contributed by atoms with Crippen molar-refractivity contribution in [3.8, 4) is 11.3 Å². The van der Waals surface area contributed by atoms with Gasteiger partial charge in [-0.3, -0.25) is 10.1 Å². The van der Waals surface area contributed by atoms with Crippen LogP contribution in [0.1, 0.15) is 21.5 Å². The molecule has 0 bridgehead atoms. The van der Waals surface area contributed by atoms with E-state index in [-0.39, 0.29) is 5.91 Å². The second-order valence-corrected chi connectivity index (χ2v) is 5.62. The van der Waals surface area contributed by atoms with Crippen LogP contribution in [0.25, 0.3) is 11.3 Å². The first-order valence-electron chi connectivity index (χ1n) is 6.51. The summed E-state index contributed by atoms with van der Waals surface area (Å²) in [6.07, 6.45) is 0. The molecule has 3 aromatic rings. The number of nitrogens with zero attached hydrogens (tertiary/aromatic N) is 1. The van der Waals surface area contributed by atoms with E-state index in [1.807, 2.05) is 42.8 Å². The molecular weight excluding hydrogens is 284 g/mol. The Hall–Kier alpha value is -2.40. The summed E-state index contributed by atoms with van der Waals surface area (Å²) in [5.74, 6) is 0.144. The number of hydrogen-bond donors (Lipinski definition) is 1. The molecule has 0 aliphatic rings. The second-order valence-electron chi connectivity index (χ2n) is 4.84. The van der Waals surface area contributed by atoms with E-state index in [1.54, 1.807) is 23.5 Å². The highest BCUT2D eigenvalue weighted by Crippen LogP contribution is 2.24. The largest absolute Gasteiger partial charge is 0.338 e. The van der Waals surface area contributed by atoms with Gasteiger partial charge in [0.1, 0.15) is 5.69 Å². The van der Waals surface area contributed by atoms with Crippen LogP contribution in [-0.2, 0) is 0 Å². The van der Waals surface area contributed by atoms with Gasteiger partial charge in [0.25, 0.3) is 5.91 Å². The zero-order chi connectivity index (χ0) is 14.8. The van der Waals surface area contributed by atoms with Gasteiger partial charge >= 0.3 is 0 Å². The number of carbonyl (C=O) groups excluding carboxylic acids is 1. The molecule has 1 amide bonds. The summed E-state index contributed by atoms with van der Waals surface area (Å²) in [6.45, 7) is 4.00. The highest BCUT2D eigenvalue weighted by Gasteiger charge is 2.12. The van der Waals surface area contributed by atoms with Gasteiger partial charge in [0.15, 0.2) is 0 Å². The number of thiophene rings is 1. The zero-order valence-electron chi connectivity index (χ0n) is 11.7. The molecule has 0 unspecified atom stereocenters. The topological polar surface area (TPSA) is 55.1 Å². The van der Waals surface area contributed by atoms with Gasteiger partial charge in [0.05, 0.1) is 0 Å². The zero-order valence-corrected chi connectivity index (χ0v) is 12.5. The van der Waals surface area contributed by atoms with E-state index < -0.39 is 0 Å². The Morgan fingerprint density at radius 3 is 2.76 bits per heavy atom. The fourth-order valence-electron chi connectivity index (χ4n) is 1.95. The third kappa shape index (κ3) is 2.87. The van der Waals surface area contributed by atoms with Crippen LogP contribution in [0.4, 0.5) is 5.88 Å². The van der Waals surface area contributed by atoms with Crippen molar-refractivity contribution in [1.29, 1.82) is 0 Å². The van der Waals surface area contributed by atoms with Crippen LogP contribution in [0.5, 0.6) is 0 Å². The van der Waals surface area contributed by atoms with Crippen molar-refractivity contribution in [3.63, 3.8) is 0 Å². The van der Waals surface area contributed by atoms with Crippen molar-refractivity contribution in [2.45, 2.75) is 13.8 Å². The number of amides is 1. The summed E-state index contributed by atoms with van der Waals surface area (Å²) in [5, 5.41) is 10.6. The van der Waals surface area contributed by atoms with E-state index in [0.717, 1.165) is 16.7 Å². The van der Waals surface area contributed by atoms with Crippen LogP contribution in [0.15, 0.2) is 45.6 Å². The van der Waals surface area contributed by atoms with Crippen molar-refractivity contribution in [1.82, 2.24) is 5.16 Å². The van der Waals surface area contributed by atoms with Crippen molar-refractivity contribution < 1.29 is 9.32 Å². The third-order valence-corrected chi connectivity index (χ3v) is 4.02. The van der Waals surface area contributed by atoms with Gasteiger partial charge in [-0.15, -0.1) is 0 Å². The predicted molar refractivity (Wildman–Crippen MR) is 83.7 cm³/mol. The van der Waals surface area contributed by atoms with Crippen molar-refractivity contribution in [2.24, 2.45) is 0 Å². The molecule has 106 valence electrons. The highest BCUT2D eigenvalue weighted by atomic mass is 32.1. The summed E-state index contributed by atoms with van der Waals surface area (Å²) in [6, 6.07) is 9.27. The van der Waals surface area contributed by atoms with E-state index in [0.29, 0.717) is 17.1 Å². The molecular formula is C16H14N2O2S. The molecule has 2 heterocycles. The number of hydrogen-bond acceptors (Lipinski definition) is 4. The summed E-state index contributed by atoms with van der Waals surface area (Å²) in [5.41, 5.74) is 4.54. The molecule has 0 spiro atoms. The Kier molecular flexibility index (Phi) is 3.58. The van der Waals surface area contributed by atoms with Gasteiger partial charge in [-0.1, -0.05) is 11.2 Å². The number of aryl methyl sites for hydroxylation is 2. The Bertz CT molecular complexity index is 775. The molecule has 1 aromatic carbocycles. The molecule has 0 saturated carbocycles. The number of aromatic nitrogens is 1. The Morgan fingerprint density at radius 1 is 1.19 bits per heavy atom. The molecule has 2 aromatic heterocycles. The smallest absolute Gasteiger partial charge is 0.258 e. The number of carbonyl (C=O) groups is 1. The second kappa shape index (κ2) is 5.54. The quantitative estimate of drug-likeness (QED) is 0.785. The first-order chi connectivity index (χ1) is 10.1. The number of anilines is 1. The minimum absolute atomic E-state index is 0.203. The predicted octanol–water partition coefficient (Wildman–Crippen LogP) is 4.27. The maximum atomic E-state index is 12.2. The molecule has 0 radical (unpaired) electrons.